The van der Waals surface area contributed by atoms with Gasteiger partial charge in [-0.25, -0.2) is 0 Å². The van der Waals surface area contributed by atoms with E-state index in [-0.39, 0.29) is 86.7 Å². The van der Waals surface area contributed by atoms with Gasteiger partial charge in [-0.15, -0.1) is 0 Å². The van der Waals surface area contributed by atoms with E-state index in [0.29, 0.717) is 5.56 Å². The van der Waals surface area contributed by atoms with Crippen molar-refractivity contribution in [3.8, 4) is 5.75 Å². The van der Waals surface area contributed by atoms with Crippen LogP contribution in [-0.4, -0.2) is 163 Å². The molecule has 6 atom stereocenters. The SMILES string of the molecule is CC(C)C[C@H](NC(=O)[C@H](CCCN=C(N)N)NC(=O)[C@H](CCCN=C(N)N)NC(=O)CNC(=O)CNC(=O)[C@H](CS)NC(=O)[C@@H](N)Cc1ccc(O)cc1)C(=O)NCC(=O)NCC(=O)N[C@@H](CS)C(N)=O. The number of hydrogen-bond donors (Lipinski definition) is 18. The van der Waals surface area contributed by atoms with Crippen molar-refractivity contribution in [3.05, 3.63) is 29.8 Å². The number of primary amides is 1. The first kappa shape index (κ1) is 61.9. The van der Waals surface area contributed by atoms with Gasteiger partial charge in [0, 0.05) is 24.6 Å². The van der Waals surface area contributed by atoms with Gasteiger partial charge in [-0.2, -0.15) is 25.3 Å². The average Bonchev–Trinajstić information content (AvgIpc) is 3.31. The van der Waals surface area contributed by atoms with Gasteiger partial charge in [-0.3, -0.25) is 57.9 Å². The molecule has 1 aromatic carbocycles. The zero-order valence-electron chi connectivity index (χ0n) is 39.5. The molecule has 0 aliphatic heterocycles. The normalized spacial score (nSPS) is 13.2. The minimum absolute atomic E-state index is 0.0344. The molecule has 0 aromatic heterocycles. The van der Waals surface area contributed by atoms with Crippen molar-refractivity contribution in [2.24, 2.45) is 50.3 Å². The van der Waals surface area contributed by atoms with E-state index >= 15 is 0 Å². The van der Waals surface area contributed by atoms with Crippen molar-refractivity contribution in [1.29, 1.82) is 0 Å². The second-order valence-corrected chi connectivity index (χ2v) is 16.9. The summed E-state index contributed by atoms with van der Waals surface area (Å²) in [5.74, 6) is -8.74. The summed E-state index contributed by atoms with van der Waals surface area (Å²) in [5.41, 5.74) is 33.6. The van der Waals surface area contributed by atoms with E-state index in [1.54, 1.807) is 26.0 Å². The number of carbonyl (C=O) groups is 10. The minimum Gasteiger partial charge on any atom is -0.508 e. The summed E-state index contributed by atoms with van der Waals surface area (Å²) in [7, 11) is 0. The third kappa shape index (κ3) is 27.0. The molecule has 1 aromatic rings. The summed E-state index contributed by atoms with van der Waals surface area (Å²) in [5, 5.41) is 31.2. The van der Waals surface area contributed by atoms with Crippen molar-refractivity contribution >= 4 is 96.2 Å². The van der Waals surface area contributed by atoms with Crippen LogP contribution in [-0.2, 0) is 54.4 Å². The maximum Gasteiger partial charge on any atom is 0.243 e. The first-order chi connectivity index (χ1) is 33.4. The Bertz CT molecular complexity index is 2040. The molecule has 0 bridgehead atoms. The Labute approximate surface area is 421 Å². The van der Waals surface area contributed by atoms with Crippen LogP contribution in [0.3, 0.4) is 0 Å². The number of rotatable bonds is 33. The maximum absolute atomic E-state index is 13.9. The summed E-state index contributed by atoms with van der Waals surface area (Å²) in [6.07, 6.45) is 0.346. The number of phenols is 1. The van der Waals surface area contributed by atoms with Crippen LogP contribution in [0.1, 0.15) is 51.5 Å². The van der Waals surface area contributed by atoms with Gasteiger partial charge in [0.25, 0.3) is 0 Å². The molecule has 0 unspecified atom stereocenters. The Hall–Kier alpha value is -7.08. The summed E-state index contributed by atoms with van der Waals surface area (Å²) < 4.78 is 0. The van der Waals surface area contributed by atoms with E-state index < -0.39 is 122 Å². The molecule has 22 N–H and O–H groups in total. The first-order valence-corrected chi connectivity index (χ1v) is 23.5. The summed E-state index contributed by atoms with van der Waals surface area (Å²) in [4.78, 5) is 136. The molecule has 1 rings (SSSR count). The Morgan fingerprint density at radius 2 is 0.944 bits per heavy atom. The smallest absolute Gasteiger partial charge is 0.243 e. The molecule has 0 aliphatic carbocycles. The van der Waals surface area contributed by atoms with Gasteiger partial charge >= 0.3 is 0 Å². The highest BCUT2D eigenvalue weighted by molar-refractivity contribution is 7.80. The third-order valence-electron chi connectivity index (χ3n) is 9.66. The highest BCUT2D eigenvalue weighted by atomic mass is 32.1. The van der Waals surface area contributed by atoms with Crippen molar-refractivity contribution in [1.82, 2.24) is 47.9 Å². The Kier molecular flexibility index (Phi) is 29.2. The van der Waals surface area contributed by atoms with Crippen LogP contribution in [0.4, 0.5) is 0 Å². The fraction of sp³-hybridized carbons (Fsp3) is 0.561. The number of nitrogens with two attached hydrogens (primary N) is 6. The quantitative estimate of drug-likeness (QED) is 0.0135. The van der Waals surface area contributed by atoms with Crippen LogP contribution in [0.2, 0.25) is 0 Å². The van der Waals surface area contributed by atoms with Crippen molar-refractivity contribution in [2.75, 3.05) is 50.8 Å². The lowest BCUT2D eigenvalue weighted by Gasteiger charge is -2.26. The first-order valence-electron chi connectivity index (χ1n) is 22.2. The Morgan fingerprint density at radius 1 is 0.535 bits per heavy atom. The number of guanidine groups is 2. The van der Waals surface area contributed by atoms with Crippen LogP contribution in [0.25, 0.3) is 0 Å². The maximum atomic E-state index is 13.9. The average molecular weight is 1040 g/mol. The number of hydrogen-bond acceptors (Lipinski definition) is 16. The lowest BCUT2D eigenvalue weighted by Crippen LogP contribution is -2.58. The summed E-state index contributed by atoms with van der Waals surface area (Å²) >= 11 is 8.04. The van der Waals surface area contributed by atoms with Gasteiger partial charge in [0.15, 0.2) is 11.9 Å². The van der Waals surface area contributed by atoms with Crippen molar-refractivity contribution < 1.29 is 53.1 Å². The molecule has 0 aliphatic rings. The molecule has 0 saturated heterocycles. The molecule has 28 nitrogen and oxygen atoms in total. The Morgan fingerprint density at radius 3 is 1.38 bits per heavy atom. The highest BCUT2D eigenvalue weighted by Crippen LogP contribution is 2.12. The van der Waals surface area contributed by atoms with Crippen LogP contribution < -0.4 is 82.3 Å². The van der Waals surface area contributed by atoms with Crippen LogP contribution in [0, 0.1) is 5.92 Å². The molecule has 0 spiro atoms. The van der Waals surface area contributed by atoms with E-state index in [9.17, 15) is 53.1 Å². The van der Waals surface area contributed by atoms with Gasteiger partial charge in [0.05, 0.1) is 32.2 Å². The highest BCUT2D eigenvalue weighted by Gasteiger charge is 2.31. The second kappa shape index (κ2) is 33.5. The number of aliphatic imine (C=N–C) groups is 2. The van der Waals surface area contributed by atoms with E-state index in [4.69, 9.17) is 34.4 Å². The number of phenolic OH excluding ortho intramolecular Hbond substituents is 1. The van der Waals surface area contributed by atoms with Gasteiger partial charge in [-0.05, 0) is 62.1 Å². The number of nitrogens with zero attached hydrogens (tertiary/aromatic N) is 2. The van der Waals surface area contributed by atoms with Crippen molar-refractivity contribution in [3.63, 3.8) is 0 Å². The molecule has 0 heterocycles. The van der Waals surface area contributed by atoms with Gasteiger partial charge < -0.3 is 87.4 Å². The lowest BCUT2D eigenvalue weighted by atomic mass is 10.0. The summed E-state index contributed by atoms with van der Waals surface area (Å²) in [6.45, 7) is 1.18. The lowest BCUT2D eigenvalue weighted by molar-refractivity contribution is -0.134. The number of nitrogens with one attached hydrogen (secondary N) is 9. The Balaban J connectivity index is 3.05. The zero-order valence-corrected chi connectivity index (χ0v) is 41.3. The molecule has 10 amide bonds. The molecule has 0 radical (unpaired) electrons. The standard InChI is InChI=1S/C41H69N17O11S2/c1-21(2)13-27(36(66)52-15-30(60)51-18-33(63)55-28(19-70)34(43)64)57-39(69)26(6-4-12-49-41(46)47)56-38(68)25(5-3-11-48-40(44)45)54-32(62)17-50-31(61)16-53-37(67)29(20-71)58-35(65)24(42)14-22-7-9-23(59)10-8-22/h7-10,21,24-29,59,70-71H,3-6,11-20,42H2,1-2H3,(H2,43,64)(H,50,61)(H,51,60)(H,52,66)(H,53,67)(H,54,62)(H,55,63)(H,56,68)(H,57,69)(H,58,65)(H4,44,45,48)(H4,46,47,49)/t24-,25-,26-,27-,28-,29-/m0/s1. The van der Waals surface area contributed by atoms with Crippen molar-refractivity contribution in [2.45, 2.75) is 88.6 Å². The molecular formula is C41H69N17O11S2. The largest absolute Gasteiger partial charge is 0.508 e. The number of amides is 10. The second-order valence-electron chi connectivity index (χ2n) is 16.2. The van der Waals surface area contributed by atoms with Crippen LogP contribution in [0.15, 0.2) is 34.3 Å². The van der Waals surface area contributed by atoms with E-state index in [1.807, 2.05) is 0 Å². The minimum atomic E-state index is -1.34. The number of aromatic hydroxyl groups is 1. The molecule has 396 valence electrons. The molecule has 0 fully saturated rings. The number of benzene rings is 1. The van der Waals surface area contributed by atoms with Crippen LogP contribution in [0.5, 0.6) is 5.75 Å². The molecular weight excluding hydrogens is 971 g/mol. The topological polar surface area (TPSA) is 480 Å². The zero-order chi connectivity index (χ0) is 53.6. The predicted molar refractivity (Wildman–Crippen MR) is 268 cm³/mol. The fourth-order valence-corrected chi connectivity index (χ4v) is 6.53. The van der Waals surface area contributed by atoms with Crippen LogP contribution >= 0.6 is 25.3 Å². The van der Waals surface area contributed by atoms with Gasteiger partial charge in [0.2, 0.25) is 59.1 Å². The van der Waals surface area contributed by atoms with E-state index in [1.165, 1.54) is 12.1 Å². The van der Waals surface area contributed by atoms with Gasteiger partial charge in [0.1, 0.15) is 36.0 Å². The number of thiol groups is 2. The van der Waals surface area contributed by atoms with E-state index in [2.05, 4.69) is 83.1 Å². The number of carbonyl (C=O) groups excluding carboxylic acids is 10. The third-order valence-corrected chi connectivity index (χ3v) is 10.4. The van der Waals surface area contributed by atoms with E-state index in [0.717, 1.165) is 0 Å². The van der Waals surface area contributed by atoms with Gasteiger partial charge in [-0.1, -0.05) is 26.0 Å². The summed E-state index contributed by atoms with van der Waals surface area (Å²) in [6, 6.07) is -1.18. The molecule has 0 saturated carbocycles. The molecule has 30 heteroatoms. The fourth-order valence-electron chi connectivity index (χ4n) is 6.01. The predicted octanol–water partition coefficient (Wildman–Crippen LogP) is -7.35. The monoisotopic (exact) mass is 1040 g/mol. The molecule has 71 heavy (non-hydrogen) atoms.